The lowest BCUT2D eigenvalue weighted by Gasteiger charge is -2.27. The highest BCUT2D eigenvalue weighted by molar-refractivity contribution is 5.60. The number of nitrogens with zero attached hydrogens (tertiary/aromatic N) is 2. The van der Waals surface area contributed by atoms with Crippen molar-refractivity contribution in [3.8, 4) is 5.75 Å². The Morgan fingerprint density at radius 2 is 2.25 bits per heavy atom. The molecule has 112 valence electrons. The van der Waals surface area contributed by atoms with E-state index >= 15 is 0 Å². The van der Waals surface area contributed by atoms with Crippen LogP contribution in [0.4, 0.5) is 5.69 Å². The first-order chi connectivity index (χ1) is 9.52. The smallest absolute Gasteiger partial charge is 0.125 e. The zero-order chi connectivity index (χ0) is 14.7. The van der Waals surface area contributed by atoms with E-state index in [4.69, 9.17) is 10.5 Å². The van der Waals surface area contributed by atoms with Gasteiger partial charge in [0.05, 0.1) is 7.11 Å². The summed E-state index contributed by atoms with van der Waals surface area (Å²) in [5.74, 6) is 1.62. The Morgan fingerprint density at radius 1 is 1.50 bits per heavy atom. The fourth-order valence-corrected chi connectivity index (χ4v) is 3.16. The highest BCUT2D eigenvalue weighted by Crippen LogP contribution is 2.33. The lowest BCUT2D eigenvalue weighted by Crippen LogP contribution is -2.28. The van der Waals surface area contributed by atoms with Gasteiger partial charge >= 0.3 is 0 Å². The maximum atomic E-state index is 6.14. The van der Waals surface area contributed by atoms with Crippen LogP contribution in [0.1, 0.15) is 24.9 Å². The first kappa shape index (κ1) is 15.1. The number of hydrogen-bond donors (Lipinski definition) is 1. The van der Waals surface area contributed by atoms with Crippen LogP contribution >= 0.6 is 0 Å². The average Bonchev–Trinajstić information content (AvgIpc) is 2.82. The van der Waals surface area contributed by atoms with Crippen molar-refractivity contribution in [2.45, 2.75) is 19.4 Å². The Bertz CT molecular complexity index is 447. The summed E-state index contributed by atoms with van der Waals surface area (Å²) in [6.07, 6.45) is 1.28. The third-order valence-electron chi connectivity index (χ3n) is 4.15. The second kappa shape index (κ2) is 6.46. The van der Waals surface area contributed by atoms with Crippen LogP contribution in [-0.2, 0) is 0 Å². The quantitative estimate of drug-likeness (QED) is 0.895. The highest BCUT2D eigenvalue weighted by Gasteiger charge is 2.23. The molecule has 1 aromatic rings. The molecule has 2 N–H and O–H groups in total. The van der Waals surface area contributed by atoms with Crippen LogP contribution in [0.3, 0.4) is 0 Å². The van der Waals surface area contributed by atoms with Gasteiger partial charge in [-0.15, -0.1) is 0 Å². The summed E-state index contributed by atoms with van der Waals surface area (Å²) in [5.41, 5.74) is 8.43. The van der Waals surface area contributed by atoms with Gasteiger partial charge in [-0.2, -0.15) is 0 Å². The lowest BCUT2D eigenvalue weighted by molar-refractivity contribution is 0.395. The SMILES string of the molecule is COc1cccc(N(C)CC2CCN(C)C2)c1[C@H](C)N. The van der Waals surface area contributed by atoms with Crippen molar-refractivity contribution in [1.82, 2.24) is 4.90 Å². The van der Waals surface area contributed by atoms with E-state index in [1.807, 2.05) is 19.1 Å². The highest BCUT2D eigenvalue weighted by atomic mass is 16.5. The molecule has 1 saturated heterocycles. The monoisotopic (exact) mass is 277 g/mol. The van der Waals surface area contributed by atoms with Crippen molar-refractivity contribution in [2.24, 2.45) is 11.7 Å². The van der Waals surface area contributed by atoms with E-state index in [0.717, 1.165) is 23.8 Å². The summed E-state index contributed by atoms with van der Waals surface area (Å²) in [4.78, 5) is 4.72. The molecule has 4 nitrogen and oxygen atoms in total. The Hall–Kier alpha value is -1.26. The zero-order valence-corrected chi connectivity index (χ0v) is 13.1. The number of benzene rings is 1. The molecule has 1 aliphatic rings. The molecule has 0 spiro atoms. The number of methoxy groups -OCH3 is 1. The van der Waals surface area contributed by atoms with Gasteiger partial charge in [-0.25, -0.2) is 0 Å². The third-order valence-corrected chi connectivity index (χ3v) is 4.15. The van der Waals surface area contributed by atoms with Gasteiger partial charge in [0.15, 0.2) is 0 Å². The van der Waals surface area contributed by atoms with Crippen molar-refractivity contribution in [1.29, 1.82) is 0 Å². The molecule has 0 saturated carbocycles. The lowest BCUT2D eigenvalue weighted by atomic mass is 10.0. The van der Waals surface area contributed by atoms with Gasteiger partial charge in [-0.1, -0.05) is 6.07 Å². The summed E-state index contributed by atoms with van der Waals surface area (Å²) < 4.78 is 5.47. The van der Waals surface area contributed by atoms with Crippen LogP contribution in [-0.4, -0.2) is 45.7 Å². The Morgan fingerprint density at radius 3 is 2.80 bits per heavy atom. The van der Waals surface area contributed by atoms with Gasteiger partial charge < -0.3 is 20.3 Å². The molecule has 1 fully saturated rings. The number of ether oxygens (including phenoxy) is 1. The molecule has 1 heterocycles. The molecule has 0 aromatic heterocycles. The maximum absolute atomic E-state index is 6.14. The van der Waals surface area contributed by atoms with Gasteiger partial charge in [0.2, 0.25) is 0 Å². The van der Waals surface area contributed by atoms with Gasteiger partial charge in [0.1, 0.15) is 5.75 Å². The minimum absolute atomic E-state index is 0.0325. The summed E-state index contributed by atoms with van der Waals surface area (Å²) in [6.45, 7) is 5.47. The Labute approximate surface area is 122 Å². The van der Waals surface area contributed by atoms with Gasteiger partial charge in [-0.05, 0) is 45.0 Å². The summed E-state index contributed by atoms with van der Waals surface area (Å²) in [6, 6.07) is 6.13. The first-order valence-electron chi connectivity index (χ1n) is 7.35. The van der Waals surface area contributed by atoms with Crippen molar-refractivity contribution < 1.29 is 4.74 Å². The molecule has 0 amide bonds. The standard InChI is InChI=1S/C16H27N3O/c1-12(17)16-14(6-5-7-15(16)20-4)19(3)11-13-8-9-18(2)10-13/h5-7,12-13H,8-11,17H2,1-4H3/t12-,13?/m0/s1. The van der Waals surface area contributed by atoms with Crippen molar-refractivity contribution in [3.63, 3.8) is 0 Å². The second-order valence-corrected chi connectivity index (χ2v) is 5.98. The fraction of sp³-hybridized carbons (Fsp3) is 0.625. The van der Waals surface area contributed by atoms with Crippen LogP contribution in [0.2, 0.25) is 0 Å². The van der Waals surface area contributed by atoms with E-state index in [0.29, 0.717) is 0 Å². The number of likely N-dealkylation sites (tertiary alicyclic amines) is 1. The number of nitrogens with two attached hydrogens (primary N) is 1. The van der Waals surface area contributed by atoms with Crippen LogP contribution in [0.25, 0.3) is 0 Å². The third kappa shape index (κ3) is 3.25. The van der Waals surface area contributed by atoms with Gasteiger partial charge in [-0.3, -0.25) is 0 Å². The molecule has 1 unspecified atom stereocenters. The normalized spacial score (nSPS) is 20.9. The van der Waals surface area contributed by atoms with Crippen molar-refractivity contribution in [3.05, 3.63) is 23.8 Å². The Balaban J connectivity index is 2.18. The van der Waals surface area contributed by atoms with E-state index in [9.17, 15) is 0 Å². The molecule has 0 aliphatic carbocycles. The molecule has 1 aliphatic heterocycles. The van der Waals surface area contributed by atoms with E-state index in [2.05, 4.69) is 30.0 Å². The summed E-state index contributed by atoms with van der Waals surface area (Å²) >= 11 is 0. The predicted octanol–water partition coefficient (Wildman–Crippen LogP) is 2.10. The predicted molar refractivity (Wildman–Crippen MR) is 84.5 cm³/mol. The summed E-state index contributed by atoms with van der Waals surface area (Å²) in [5, 5.41) is 0. The molecule has 1 aromatic carbocycles. The number of hydrogen-bond acceptors (Lipinski definition) is 4. The molecule has 2 rings (SSSR count). The summed E-state index contributed by atoms with van der Waals surface area (Å²) in [7, 11) is 6.05. The molecule has 2 atom stereocenters. The van der Waals surface area contributed by atoms with Gasteiger partial charge in [0.25, 0.3) is 0 Å². The number of rotatable bonds is 5. The van der Waals surface area contributed by atoms with E-state index < -0.39 is 0 Å². The molecule has 20 heavy (non-hydrogen) atoms. The van der Waals surface area contributed by atoms with Crippen molar-refractivity contribution in [2.75, 3.05) is 45.7 Å². The second-order valence-electron chi connectivity index (χ2n) is 5.98. The van der Waals surface area contributed by atoms with Gasteiger partial charge in [0, 0.05) is 37.4 Å². The number of anilines is 1. The van der Waals surface area contributed by atoms with Crippen LogP contribution in [0.15, 0.2) is 18.2 Å². The maximum Gasteiger partial charge on any atom is 0.125 e. The first-order valence-corrected chi connectivity index (χ1v) is 7.35. The largest absolute Gasteiger partial charge is 0.496 e. The topological polar surface area (TPSA) is 41.7 Å². The van der Waals surface area contributed by atoms with E-state index in [1.54, 1.807) is 7.11 Å². The minimum Gasteiger partial charge on any atom is -0.496 e. The zero-order valence-electron chi connectivity index (χ0n) is 13.1. The molecular formula is C16H27N3O. The minimum atomic E-state index is -0.0325. The van der Waals surface area contributed by atoms with E-state index in [1.165, 1.54) is 25.2 Å². The van der Waals surface area contributed by atoms with Crippen LogP contribution < -0.4 is 15.4 Å². The molecular weight excluding hydrogens is 250 g/mol. The molecule has 0 radical (unpaired) electrons. The Kier molecular flexibility index (Phi) is 4.89. The van der Waals surface area contributed by atoms with Crippen LogP contribution in [0.5, 0.6) is 5.75 Å². The van der Waals surface area contributed by atoms with Crippen molar-refractivity contribution >= 4 is 5.69 Å². The van der Waals surface area contributed by atoms with E-state index in [-0.39, 0.29) is 6.04 Å². The molecule has 4 heteroatoms. The van der Waals surface area contributed by atoms with Crippen LogP contribution in [0, 0.1) is 5.92 Å². The molecule has 0 bridgehead atoms. The average molecular weight is 277 g/mol. The fourth-order valence-electron chi connectivity index (χ4n) is 3.16.